The second-order valence-electron chi connectivity index (χ2n) is 7.22. The van der Waals surface area contributed by atoms with Gasteiger partial charge < -0.3 is 5.73 Å². The summed E-state index contributed by atoms with van der Waals surface area (Å²) >= 11 is 0. The summed E-state index contributed by atoms with van der Waals surface area (Å²) in [4.78, 5) is 12.5. The molecule has 1 aliphatic carbocycles. The second kappa shape index (κ2) is 4.66. The van der Waals surface area contributed by atoms with Crippen LogP contribution in [0.15, 0.2) is 12.1 Å². The lowest BCUT2D eigenvalue weighted by atomic mass is 9.75. The number of H-pyrrole nitrogens is 1. The number of rotatable bonds is 1. The zero-order chi connectivity index (χ0) is 17.2. The molecule has 3 N–H and O–H groups in total. The molecule has 0 unspecified atom stereocenters. The van der Waals surface area contributed by atoms with Gasteiger partial charge >= 0.3 is 0 Å². The molecule has 0 fully saturated rings. The summed E-state index contributed by atoms with van der Waals surface area (Å²) < 4.78 is 16.2. The predicted octanol–water partition coefficient (Wildman–Crippen LogP) is 2.93. The normalized spacial score (nSPS) is 16.6. The Hall–Kier alpha value is -2.70. The van der Waals surface area contributed by atoms with E-state index in [4.69, 9.17) is 5.73 Å². The molecule has 0 amide bonds. The third-order valence-electron chi connectivity index (χ3n) is 4.61. The molecular formula is C17H18FN5O. The van der Waals surface area contributed by atoms with Crippen molar-refractivity contribution in [2.45, 2.75) is 33.6 Å². The van der Waals surface area contributed by atoms with Crippen LogP contribution in [-0.4, -0.2) is 25.8 Å². The SMILES string of the molecule is Cc1nn(-c2cc3[nH]nc(N)c3cc2F)c2c1C(=O)CC(C)(C)C2. The number of aromatic nitrogens is 4. The first kappa shape index (κ1) is 14.9. The number of nitrogens with zero attached hydrogens (tertiary/aromatic N) is 3. The van der Waals surface area contributed by atoms with Gasteiger partial charge in [0.2, 0.25) is 0 Å². The molecule has 2 aromatic heterocycles. The Balaban J connectivity index is 1.97. The largest absolute Gasteiger partial charge is 0.382 e. The Morgan fingerprint density at radius 2 is 2.08 bits per heavy atom. The molecule has 24 heavy (non-hydrogen) atoms. The van der Waals surface area contributed by atoms with E-state index in [0.717, 1.165) is 5.69 Å². The molecule has 124 valence electrons. The Kier molecular flexibility index (Phi) is 2.88. The van der Waals surface area contributed by atoms with E-state index in [2.05, 4.69) is 15.3 Å². The first-order chi connectivity index (χ1) is 11.3. The number of nitrogen functional groups attached to an aromatic ring is 1. The minimum Gasteiger partial charge on any atom is -0.382 e. The van der Waals surface area contributed by atoms with Crippen LogP contribution >= 0.6 is 0 Å². The van der Waals surface area contributed by atoms with Gasteiger partial charge in [-0.15, -0.1) is 0 Å². The van der Waals surface area contributed by atoms with Gasteiger partial charge in [0.05, 0.1) is 22.5 Å². The summed E-state index contributed by atoms with van der Waals surface area (Å²) in [7, 11) is 0. The van der Waals surface area contributed by atoms with Crippen molar-refractivity contribution in [3.8, 4) is 5.69 Å². The quantitative estimate of drug-likeness (QED) is 0.719. The lowest BCUT2D eigenvalue weighted by Gasteiger charge is -2.29. The van der Waals surface area contributed by atoms with Crippen LogP contribution in [0.5, 0.6) is 0 Å². The van der Waals surface area contributed by atoms with Crippen LogP contribution in [0.2, 0.25) is 0 Å². The smallest absolute Gasteiger partial charge is 0.167 e. The molecule has 6 nitrogen and oxygen atoms in total. The second-order valence-corrected chi connectivity index (χ2v) is 7.22. The number of aryl methyl sites for hydroxylation is 1. The fourth-order valence-electron chi connectivity index (χ4n) is 3.55. The van der Waals surface area contributed by atoms with Crippen LogP contribution in [0.25, 0.3) is 16.6 Å². The molecular weight excluding hydrogens is 309 g/mol. The number of carbonyl (C=O) groups excluding carboxylic acids is 1. The number of ketones is 1. The number of nitrogens with two attached hydrogens (primary N) is 1. The van der Waals surface area contributed by atoms with Crippen molar-refractivity contribution in [3.63, 3.8) is 0 Å². The maximum absolute atomic E-state index is 14.7. The van der Waals surface area contributed by atoms with Crippen LogP contribution in [-0.2, 0) is 6.42 Å². The lowest BCUT2D eigenvalue weighted by molar-refractivity contribution is 0.0910. The molecule has 0 atom stereocenters. The summed E-state index contributed by atoms with van der Waals surface area (Å²) in [6.45, 7) is 5.86. The number of anilines is 1. The van der Waals surface area contributed by atoms with Gasteiger partial charge in [0.25, 0.3) is 0 Å². The fourth-order valence-corrected chi connectivity index (χ4v) is 3.55. The van der Waals surface area contributed by atoms with E-state index < -0.39 is 5.82 Å². The number of Topliss-reactive ketones (excluding diaryl/α,β-unsaturated/α-hetero) is 1. The minimum absolute atomic E-state index is 0.0669. The monoisotopic (exact) mass is 327 g/mol. The van der Waals surface area contributed by atoms with Crippen molar-refractivity contribution >= 4 is 22.5 Å². The molecule has 0 saturated carbocycles. The number of fused-ring (bicyclic) bond motifs is 2. The van der Waals surface area contributed by atoms with E-state index in [9.17, 15) is 9.18 Å². The van der Waals surface area contributed by atoms with Gasteiger partial charge in [-0.3, -0.25) is 9.89 Å². The highest BCUT2D eigenvalue weighted by Gasteiger charge is 2.36. The highest BCUT2D eigenvalue weighted by atomic mass is 19.1. The van der Waals surface area contributed by atoms with E-state index in [0.29, 0.717) is 40.7 Å². The standard InChI is InChI=1S/C17H18FN5O/c1-8-15-13(6-17(2,3)7-14(15)24)23(22-8)12-5-11-9(4-10(12)18)16(19)21-20-11/h4-5H,6-7H2,1-3H3,(H3,19,20,21). The van der Waals surface area contributed by atoms with Crippen molar-refractivity contribution in [2.24, 2.45) is 5.41 Å². The summed E-state index contributed by atoms with van der Waals surface area (Å²) in [6.07, 6.45) is 1.14. The maximum atomic E-state index is 14.7. The van der Waals surface area contributed by atoms with Gasteiger partial charge in [-0.05, 0) is 30.9 Å². The number of aromatic amines is 1. The molecule has 4 rings (SSSR count). The van der Waals surface area contributed by atoms with Crippen molar-refractivity contribution in [3.05, 3.63) is 34.9 Å². The average Bonchev–Trinajstić information content (AvgIpc) is 2.98. The first-order valence-corrected chi connectivity index (χ1v) is 7.82. The molecule has 0 spiro atoms. The fraction of sp³-hybridized carbons (Fsp3) is 0.353. The lowest BCUT2D eigenvalue weighted by Crippen LogP contribution is -2.28. The topological polar surface area (TPSA) is 89.6 Å². The van der Waals surface area contributed by atoms with Gasteiger partial charge in [0.15, 0.2) is 11.6 Å². The molecule has 3 aromatic rings. The Morgan fingerprint density at radius 1 is 1.33 bits per heavy atom. The molecule has 0 bridgehead atoms. The summed E-state index contributed by atoms with van der Waals surface area (Å²) in [5.41, 5.74) is 8.50. The average molecular weight is 327 g/mol. The van der Waals surface area contributed by atoms with E-state index in [1.165, 1.54) is 6.07 Å². The summed E-state index contributed by atoms with van der Waals surface area (Å²) in [5, 5.41) is 11.7. The van der Waals surface area contributed by atoms with Crippen molar-refractivity contribution in [1.29, 1.82) is 0 Å². The Bertz CT molecular complexity index is 998. The zero-order valence-electron chi connectivity index (χ0n) is 13.8. The molecule has 2 heterocycles. The van der Waals surface area contributed by atoms with Gasteiger partial charge in [0.1, 0.15) is 11.5 Å². The van der Waals surface area contributed by atoms with E-state index in [-0.39, 0.29) is 17.0 Å². The molecule has 0 radical (unpaired) electrons. The third-order valence-corrected chi connectivity index (χ3v) is 4.61. The highest BCUT2D eigenvalue weighted by Crippen LogP contribution is 2.37. The Morgan fingerprint density at radius 3 is 2.83 bits per heavy atom. The van der Waals surface area contributed by atoms with Gasteiger partial charge in [0, 0.05) is 11.8 Å². The van der Waals surface area contributed by atoms with Gasteiger partial charge in [-0.1, -0.05) is 13.8 Å². The maximum Gasteiger partial charge on any atom is 0.167 e. The first-order valence-electron chi connectivity index (χ1n) is 7.82. The summed E-state index contributed by atoms with van der Waals surface area (Å²) in [6, 6.07) is 2.98. The molecule has 0 saturated heterocycles. The van der Waals surface area contributed by atoms with Crippen LogP contribution < -0.4 is 5.73 Å². The van der Waals surface area contributed by atoms with Gasteiger partial charge in [-0.2, -0.15) is 10.2 Å². The minimum atomic E-state index is -0.447. The van der Waals surface area contributed by atoms with E-state index in [1.807, 2.05) is 13.8 Å². The van der Waals surface area contributed by atoms with Crippen LogP contribution in [0, 0.1) is 18.2 Å². The molecule has 7 heteroatoms. The highest BCUT2D eigenvalue weighted by molar-refractivity contribution is 6.00. The Labute approximate surface area is 137 Å². The van der Waals surface area contributed by atoms with Crippen LogP contribution in [0.4, 0.5) is 10.2 Å². The predicted molar refractivity (Wildman–Crippen MR) is 88.8 cm³/mol. The number of carbonyl (C=O) groups is 1. The summed E-state index contributed by atoms with van der Waals surface area (Å²) in [5.74, 6) is -0.126. The van der Waals surface area contributed by atoms with Crippen molar-refractivity contribution < 1.29 is 9.18 Å². The number of halogens is 1. The number of benzene rings is 1. The molecule has 0 aliphatic heterocycles. The van der Waals surface area contributed by atoms with E-state index >= 15 is 0 Å². The van der Waals surface area contributed by atoms with Crippen LogP contribution in [0.3, 0.4) is 0 Å². The molecule has 1 aliphatic rings. The third kappa shape index (κ3) is 2.04. The van der Waals surface area contributed by atoms with Crippen molar-refractivity contribution in [2.75, 3.05) is 5.73 Å². The van der Waals surface area contributed by atoms with E-state index in [1.54, 1.807) is 17.7 Å². The van der Waals surface area contributed by atoms with Crippen LogP contribution in [0.1, 0.15) is 42.0 Å². The molecule has 1 aromatic carbocycles. The number of hydrogen-bond acceptors (Lipinski definition) is 4. The number of hydrogen-bond donors (Lipinski definition) is 2. The van der Waals surface area contributed by atoms with Crippen molar-refractivity contribution in [1.82, 2.24) is 20.0 Å². The van der Waals surface area contributed by atoms with Gasteiger partial charge in [-0.25, -0.2) is 9.07 Å². The zero-order valence-corrected chi connectivity index (χ0v) is 13.8. The number of nitrogens with one attached hydrogen (secondary N) is 1.